The van der Waals surface area contributed by atoms with Crippen LogP contribution in [-0.4, -0.2) is 11.6 Å². The van der Waals surface area contributed by atoms with E-state index in [1.165, 1.54) is 6.92 Å². The predicted molar refractivity (Wildman–Crippen MR) is 90.3 cm³/mol. The lowest BCUT2D eigenvalue weighted by Crippen LogP contribution is -2.01. The van der Waals surface area contributed by atoms with Crippen LogP contribution in [0.2, 0.25) is 5.02 Å². The normalized spacial score (nSPS) is 11.3. The van der Waals surface area contributed by atoms with Crippen LogP contribution >= 0.6 is 11.6 Å². The minimum Gasteiger partial charge on any atom is -0.295 e. The molecule has 2 nitrogen and oxygen atoms in total. The van der Waals surface area contributed by atoms with E-state index in [1.54, 1.807) is 25.1 Å². The van der Waals surface area contributed by atoms with Crippen LogP contribution in [0.5, 0.6) is 0 Å². The Morgan fingerprint density at radius 2 is 1.64 bits per heavy atom. The van der Waals surface area contributed by atoms with E-state index in [9.17, 15) is 9.59 Å². The number of rotatable bonds is 5. The maximum absolute atomic E-state index is 11.9. The summed E-state index contributed by atoms with van der Waals surface area (Å²) in [4.78, 5) is 23.2. The van der Waals surface area contributed by atoms with Crippen molar-refractivity contribution >= 4 is 29.2 Å². The van der Waals surface area contributed by atoms with Crippen LogP contribution in [0.1, 0.15) is 35.3 Å². The third-order valence-electron chi connectivity index (χ3n) is 3.44. The number of carbonyl (C=O) groups is 2. The molecule has 0 saturated carbocycles. The van der Waals surface area contributed by atoms with Crippen molar-refractivity contribution in [3.05, 3.63) is 75.8 Å². The van der Waals surface area contributed by atoms with E-state index >= 15 is 0 Å². The second kappa shape index (κ2) is 7.19. The quantitative estimate of drug-likeness (QED) is 0.589. The van der Waals surface area contributed by atoms with Crippen LogP contribution in [-0.2, 0) is 11.2 Å². The molecule has 0 amide bonds. The molecular formula is C19H17ClO2. The van der Waals surface area contributed by atoms with Crippen LogP contribution in [0.4, 0.5) is 0 Å². The number of halogens is 1. The fraction of sp³-hybridized carbons (Fsp3) is 0.158. The van der Waals surface area contributed by atoms with Gasteiger partial charge in [-0.1, -0.05) is 54.1 Å². The summed E-state index contributed by atoms with van der Waals surface area (Å²) in [6, 6.07) is 14.7. The summed E-state index contributed by atoms with van der Waals surface area (Å²) in [7, 11) is 0. The zero-order valence-corrected chi connectivity index (χ0v) is 13.4. The van der Waals surface area contributed by atoms with E-state index in [1.807, 2.05) is 36.4 Å². The molecule has 0 radical (unpaired) electrons. The van der Waals surface area contributed by atoms with Gasteiger partial charge >= 0.3 is 0 Å². The number of hydrogen-bond acceptors (Lipinski definition) is 2. The number of benzene rings is 2. The van der Waals surface area contributed by atoms with E-state index < -0.39 is 0 Å². The van der Waals surface area contributed by atoms with Crippen molar-refractivity contribution in [3.8, 4) is 0 Å². The fourth-order valence-electron chi connectivity index (χ4n) is 2.13. The molecule has 0 heterocycles. The summed E-state index contributed by atoms with van der Waals surface area (Å²) in [5, 5.41) is 0.619. The Balaban J connectivity index is 2.28. The van der Waals surface area contributed by atoms with E-state index in [4.69, 9.17) is 11.6 Å². The monoisotopic (exact) mass is 312 g/mol. The zero-order valence-electron chi connectivity index (χ0n) is 12.6. The Morgan fingerprint density at radius 1 is 1.00 bits per heavy atom. The first-order valence-electron chi connectivity index (χ1n) is 7.03. The summed E-state index contributed by atoms with van der Waals surface area (Å²) in [5.41, 5.74) is 3.17. The fourth-order valence-corrected chi connectivity index (χ4v) is 2.32. The Morgan fingerprint density at radius 3 is 2.18 bits per heavy atom. The molecule has 0 aromatic heterocycles. The van der Waals surface area contributed by atoms with Crippen LogP contribution < -0.4 is 0 Å². The van der Waals surface area contributed by atoms with Gasteiger partial charge in [-0.2, -0.15) is 0 Å². The summed E-state index contributed by atoms with van der Waals surface area (Å²) < 4.78 is 0. The van der Waals surface area contributed by atoms with Crippen molar-refractivity contribution in [3.63, 3.8) is 0 Å². The highest BCUT2D eigenvalue weighted by molar-refractivity contribution is 6.32. The van der Waals surface area contributed by atoms with Crippen molar-refractivity contribution in [1.29, 1.82) is 0 Å². The summed E-state index contributed by atoms with van der Waals surface area (Å²) >= 11 is 6.14. The van der Waals surface area contributed by atoms with Crippen molar-refractivity contribution in [2.45, 2.75) is 20.3 Å². The molecule has 112 valence electrons. The van der Waals surface area contributed by atoms with Crippen LogP contribution in [0.3, 0.4) is 0 Å². The van der Waals surface area contributed by atoms with Gasteiger partial charge < -0.3 is 0 Å². The average molecular weight is 313 g/mol. The molecule has 0 unspecified atom stereocenters. The SMILES string of the molecule is CC(=O)/C(=C/c1ccccc1Cl)Cc1ccc(C(C)=O)cc1. The summed E-state index contributed by atoms with van der Waals surface area (Å²) in [6.07, 6.45) is 2.34. The van der Waals surface area contributed by atoms with Crippen molar-refractivity contribution in [1.82, 2.24) is 0 Å². The molecule has 2 aromatic carbocycles. The number of Topliss-reactive ketones (excluding diaryl/α,β-unsaturated/α-hetero) is 2. The second-order valence-electron chi connectivity index (χ2n) is 5.18. The van der Waals surface area contributed by atoms with Gasteiger partial charge in [0.1, 0.15) is 0 Å². The molecule has 0 aliphatic carbocycles. The first-order chi connectivity index (χ1) is 10.5. The Hall–Kier alpha value is -2.19. The van der Waals surface area contributed by atoms with Gasteiger partial charge in [-0.25, -0.2) is 0 Å². The standard InChI is InChI=1S/C19H17ClO2/c1-13(21)16-9-7-15(8-10-16)11-18(14(2)22)12-17-5-3-4-6-19(17)20/h3-10,12H,11H2,1-2H3/b18-12+. The zero-order chi connectivity index (χ0) is 16.1. The molecule has 0 bridgehead atoms. The third-order valence-corrected chi connectivity index (χ3v) is 3.79. The van der Waals surface area contributed by atoms with Gasteiger partial charge in [0.2, 0.25) is 0 Å². The maximum atomic E-state index is 11.9. The molecular weight excluding hydrogens is 296 g/mol. The largest absolute Gasteiger partial charge is 0.295 e. The van der Waals surface area contributed by atoms with E-state index in [0.29, 0.717) is 22.6 Å². The molecule has 0 aliphatic rings. The number of allylic oxidation sites excluding steroid dienone is 1. The highest BCUT2D eigenvalue weighted by atomic mass is 35.5. The minimum absolute atomic E-state index is 0.00978. The molecule has 0 aliphatic heterocycles. The first kappa shape index (κ1) is 16.2. The molecule has 3 heteroatoms. The molecule has 2 rings (SSSR count). The Labute approximate surface area is 135 Å². The summed E-state index contributed by atoms with van der Waals surface area (Å²) in [6.45, 7) is 3.08. The molecule has 0 saturated heterocycles. The topological polar surface area (TPSA) is 34.1 Å². The van der Waals surface area contributed by atoms with Gasteiger partial charge in [0, 0.05) is 17.0 Å². The Kier molecular flexibility index (Phi) is 5.29. The lowest BCUT2D eigenvalue weighted by molar-refractivity contribution is -0.113. The number of carbonyl (C=O) groups excluding carboxylic acids is 2. The van der Waals surface area contributed by atoms with Gasteiger partial charge in [-0.05, 0) is 42.7 Å². The highest BCUT2D eigenvalue weighted by Crippen LogP contribution is 2.20. The Bertz CT molecular complexity index is 727. The third kappa shape index (κ3) is 4.15. The van der Waals surface area contributed by atoms with Crippen LogP contribution in [0.15, 0.2) is 54.1 Å². The van der Waals surface area contributed by atoms with Crippen molar-refractivity contribution in [2.75, 3.05) is 0 Å². The van der Waals surface area contributed by atoms with Crippen LogP contribution in [0, 0.1) is 0 Å². The van der Waals surface area contributed by atoms with E-state index in [0.717, 1.165) is 11.1 Å². The van der Waals surface area contributed by atoms with Crippen molar-refractivity contribution < 1.29 is 9.59 Å². The maximum Gasteiger partial charge on any atom is 0.159 e. The molecule has 0 N–H and O–H groups in total. The number of hydrogen-bond donors (Lipinski definition) is 0. The predicted octanol–water partition coefficient (Wildman–Crippen LogP) is 4.76. The van der Waals surface area contributed by atoms with Gasteiger partial charge in [0.05, 0.1) is 0 Å². The average Bonchev–Trinajstić information content (AvgIpc) is 2.49. The molecule has 22 heavy (non-hydrogen) atoms. The smallest absolute Gasteiger partial charge is 0.159 e. The molecule has 0 fully saturated rings. The lowest BCUT2D eigenvalue weighted by Gasteiger charge is -2.06. The lowest BCUT2D eigenvalue weighted by atomic mass is 9.98. The van der Waals surface area contributed by atoms with Gasteiger partial charge in [-0.3, -0.25) is 9.59 Å². The molecule has 0 atom stereocenters. The van der Waals surface area contributed by atoms with Crippen molar-refractivity contribution in [2.24, 2.45) is 0 Å². The minimum atomic E-state index is 0.00978. The van der Waals surface area contributed by atoms with E-state index in [-0.39, 0.29) is 11.6 Å². The second-order valence-corrected chi connectivity index (χ2v) is 5.58. The summed E-state index contributed by atoms with van der Waals surface area (Å²) in [5.74, 6) is 0.0421. The number of ketones is 2. The van der Waals surface area contributed by atoms with Gasteiger partial charge in [0.15, 0.2) is 11.6 Å². The first-order valence-corrected chi connectivity index (χ1v) is 7.41. The van der Waals surface area contributed by atoms with Gasteiger partial charge in [-0.15, -0.1) is 0 Å². The highest BCUT2D eigenvalue weighted by Gasteiger charge is 2.08. The van der Waals surface area contributed by atoms with Crippen LogP contribution in [0.25, 0.3) is 6.08 Å². The van der Waals surface area contributed by atoms with Gasteiger partial charge in [0.25, 0.3) is 0 Å². The molecule has 2 aromatic rings. The van der Waals surface area contributed by atoms with E-state index in [2.05, 4.69) is 0 Å². The molecule has 0 spiro atoms.